The van der Waals surface area contributed by atoms with Gasteiger partial charge in [-0.2, -0.15) is 0 Å². The molecule has 0 aromatic heterocycles. The van der Waals surface area contributed by atoms with Crippen molar-refractivity contribution in [1.82, 2.24) is 0 Å². The summed E-state index contributed by atoms with van der Waals surface area (Å²) in [6.45, 7) is 7.32. The Kier molecular flexibility index (Phi) is 5.25. The number of rotatable bonds is 4. The molecule has 156 valence electrons. The van der Waals surface area contributed by atoms with Gasteiger partial charge in [0.2, 0.25) is 0 Å². The van der Waals surface area contributed by atoms with Gasteiger partial charge in [-0.15, -0.1) is 0 Å². The molecule has 0 N–H and O–H groups in total. The van der Waals surface area contributed by atoms with Gasteiger partial charge in [0.25, 0.3) is 0 Å². The Morgan fingerprint density at radius 1 is 1.25 bits per heavy atom. The number of fused-ring (bicyclic) bond motifs is 5. The zero-order chi connectivity index (χ0) is 20.1. The third kappa shape index (κ3) is 3.08. The molecule has 3 nitrogen and oxygen atoms in total. The zero-order valence-corrected chi connectivity index (χ0v) is 18.2. The summed E-state index contributed by atoms with van der Waals surface area (Å²) in [6, 6.07) is 0. The largest absolute Gasteiger partial charge is 0.469 e. The molecule has 3 saturated carbocycles. The van der Waals surface area contributed by atoms with Gasteiger partial charge in [0.1, 0.15) is 5.78 Å². The van der Waals surface area contributed by atoms with E-state index in [9.17, 15) is 9.59 Å². The van der Waals surface area contributed by atoms with E-state index in [1.807, 2.05) is 0 Å². The molecule has 0 spiro atoms. The van der Waals surface area contributed by atoms with Crippen LogP contribution in [0.1, 0.15) is 78.6 Å². The van der Waals surface area contributed by atoms with Crippen molar-refractivity contribution in [2.45, 2.75) is 78.6 Å². The molecule has 8 atom stereocenters. The van der Waals surface area contributed by atoms with E-state index in [-0.39, 0.29) is 11.4 Å². The highest BCUT2D eigenvalue weighted by molar-refractivity contribution is 5.79. The van der Waals surface area contributed by atoms with Gasteiger partial charge in [0.05, 0.1) is 7.11 Å². The molecule has 0 aromatic carbocycles. The van der Waals surface area contributed by atoms with Gasteiger partial charge in [0, 0.05) is 19.3 Å². The predicted molar refractivity (Wildman–Crippen MR) is 111 cm³/mol. The summed E-state index contributed by atoms with van der Waals surface area (Å²) in [6.07, 6.45) is 14.5. The molecule has 0 heterocycles. The number of methoxy groups -OCH3 is 1. The SMILES string of the molecule is COC(=O)CC[C@@H](C)[C@H]1CC[C@H]2[C@@H]3CC[C@@H]4CC(=O)CC[C@]4(C)[C@H]3C=C[C@]12C. The highest BCUT2D eigenvalue weighted by Gasteiger charge is 2.58. The van der Waals surface area contributed by atoms with E-state index in [0.717, 1.165) is 37.5 Å². The first kappa shape index (κ1) is 20.2. The van der Waals surface area contributed by atoms with E-state index in [1.165, 1.54) is 32.8 Å². The second kappa shape index (κ2) is 7.29. The number of esters is 1. The number of ether oxygens (including phenoxy) is 1. The van der Waals surface area contributed by atoms with Crippen LogP contribution in [0.25, 0.3) is 0 Å². The highest BCUT2D eigenvalue weighted by atomic mass is 16.5. The number of carbonyl (C=O) groups excluding carboxylic acids is 2. The quantitative estimate of drug-likeness (QED) is 0.468. The fraction of sp³-hybridized carbons (Fsp3) is 0.840. The third-order valence-corrected chi connectivity index (χ3v) is 9.70. The van der Waals surface area contributed by atoms with Crippen molar-refractivity contribution in [3.05, 3.63) is 12.2 Å². The summed E-state index contributed by atoms with van der Waals surface area (Å²) in [7, 11) is 1.49. The Hall–Kier alpha value is -1.12. The first-order valence-electron chi connectivity index (χ1n) is 11.6. The molecule has 4 aliphatic rings. The minimum absolute atomic E-state index is 0.0797. The second-order valence-electron chi connectivity index (χ2n) is 10.8. The Labute approximate surface area is 170 Å². The average Bonchev–Trinajstić information content (AvgIpc) is 3.03. The summed E-state index contributed by atoms with van der Waals surface area (Å²) in [5.41, 5.74) is 0.591. The maximum Gasteiger partial charge on any atom is 0.305 e. The second-order valence-corrected chi connectivity index (χ2v) is 10.8. The summed E-state index contributed by atoms with van der Waals surface area (Å²) in [5, 5.41) is 0. The lowest BCUT2D eigenvalue weighted by Crippen LogP contribution is -2.51. The average molecular weight is 387 g/mol. The topological polar surface area (TPSA) is 43.4 Å². The van der Waals surface area contributed by atoms with Crippen molar-refractivity contribution in [2.24, 2.45) is 46.3 Å². The van der Waals surface area contributed by atoms with E-state index < -0.39 is 0 Å². The summed E-state index contributed by atoms with van der Waals surface area (Å²) < 4.78 is 4.86. The van der Waals surface area contributed by atoms with E-state index in [0.29, 0.717) is 41.3 Å². The number of Topliss-reactive ketones (excluding diaryl/α,β-unsaturated/α-hetero) is 1. The van der Waals surface area contributed by atoms with Crippen LogP contribution in [0.4, 0.5) is 0 Å². The minimum Gasteiger partial charge on any atom is -0.469 e. The molecule has 4 rings (SSSR count). The molecule has 0 radical (unpaired) electrons. The van der Waals surface area contributed by atoms with Gasteiger partial charge in [-0.1, -0.05) is 32.9 Å². The van der Waals surface area contributed by atoms with Crippen LogP contribution in [0.2, 0.25) is 0 Å². The van der Waals surface area contributed by atoms with Gasteiger partial charge >= 0.3 is 5.97 Å². The van der Waals surface area contributed by atoms with Gasteiger partial charge in [-0.05, 0) is 84.9 Å². The molecular formula is C25H38O3. The molecule has 0 bridgehead atoms. The van der Waals surface area contributed by atoms with Crippen molar-refractivity contribution in [3.63, 3.8) is 0 Å². The van der Waals surface area contributed by atoms with Crippen LogP contribution in [0.5, 0.6) is 0 Å². The standard InChI is InChI=1S/C25H38O3/c1-16(5-10-23(27)28-4)20-8-9-21-19-7-6-17-15-18(26)11-13-24(17,2)22(19)12-14-25(20,21)3/h12,14,16-17,19-22H,5-11,13,15H2,1-4H3/t16-,17-,19+,20-,21+,22+,24+,25-/m1/s1. The lowest BCUT2D eigenvalue weighted by Gasteiger charge is -2.58. The van der Waals surface area contributed by atoms with Gasteiger partial charge in [0.15, 0.2) is 0 Å². The Morgan fingerprint density at radius 2 is 2.04 bits per heavy atom. The van der Waals surface area contributed by atoms with Crippen LogP contribution in [0, 0.1) is 46.3 Å². The van der Waals surface area contributed by atoms with Crippen LogP contribution < -0.4 is 0 Å². The fourth-order valence-corrected chi connectivity index (χ4v) is 8.01. The molecule has 3 fully saturated rings. The van der Waals surface area contributed by atoms with E-state index >= 15 is 0 Å². The molecule has 3 heteroatoms. The molecule has 0 amide bonds. The van der Waals surface area contributed by atoms with Crippen LogP contribution in [0.15, 0.2) is 12.2 Å². The van der Waals surface area contributed by atoms with Crippen molar-refractivity contribution < 1.29 is 14.3 Å². The zero-order valence-electron chi connectivity index (χ0n) is 18.2. The normalized spacial score (nSPS) is 45.7. The molecule has 0 unspecified atom stereocenters. The third-order valence-electron chi connectivity index (χ3n) is 9.70. The predicted octanol–water partition coefficient (Wildman–Crippen LogP) is 5.58. The lowest BCUT2D eigenvalue weighted by molar-refractivity contribution is -0.141. The minimum atomic E-state index is -0.0797. The maximum absolute atomic E-state index is 12.1. The van der Waals surface area contributed by atoms with Crippen molar-refractivity contribution >= 4 is 11.8 Å². The van der Waals surface area contributed by atoms with E-state index in [4.69, 9.17) is 4.74 Å². The lowest BCUT2D eigenvalue weighted by atomic mass is 9.46. The number of hydrogen-bond acceptors (Lipinski definition) is 3. The fourth-order valence-electron chi connectivity index (χ4n) is 8.01. The molecule has 28 heavy (non-hydrogen) atoms. The molecule has 0 aliphatic heterocycles. The smallest absolute Gasteiger partial charge is 0.305 e. The Balaban J connectivity index is 1.54. The Bertz CT molecular complexity index is 667. The van der Waals surface area contributed by atoms with Crippen LogP contribution >= 0.6 is 0 Å². The van der Waals surface area contributed by atoms with Gasteiger partial charge < -0.3 is 4.74 Å². The van der Waals surface area contributed by atoms with E-state index in [1.54, 1.807) is 0 Å². The Morgan fingerprint density at radius 3 is 2.79 bits per heavy atom. The van der Waals surface area contributed by atoms with Crippen LogP contribution in [-0.4, -0.2) is 18.9 Å². The van der Waals surface area contributed by atoms with Gasteiger partial charge in [-0.3, -0.25) is 9.59 Å². The summed E-state index contributed by atoms with van der Waals surface area (Å²) >= 11 is 0. The monoisotopic (exact) mass is 386 g/mol. The molecule has 0 aromatic rings. The summed E-state index contributed by atoms with van der Waals surface area (Å²) in [5.74, 6) is 4.43. The summed E-state index contributed by atoms with van der Waals surface area (Å²) in [4.78, 5) is 23.7. The number of hydrogen-bond donors (Lipinski definition) is 0. The first-order valence-corrected chi connectivity index (χ1v) is 11.6. The van der Waals surface area contributed by atoms with Crippen molar-refractivity contribution in [1.29, 1.82) is 0 Å². The van der Waals surface area contributed by atoms with Crippen LogP contribution in [-0.2, 0) is 14.3 Å². The molecular weight excluding hydrogens is 348 g/mol. The first-order chi connectivity index (χ1) is 13.3. The van der Waals surface area contributed by atoms with Crippen molar-refractivity contribution in [3.8, 4) is 0 Å². The number of carbonyl (C=O) groups is 2. The molecule has 0 saturated heterocycles. The van der Waals surface area contributed by atoms with Gasteiger partial charge in [-0.25, -0.2) is 0 Å². The van der Waals surface area contributed by atoms with E-state index in [2.05, 4.69) is 32.9 Å². The van der Waals surface area contributed by atoms with Crippen LogP contribution in [0.3, 0.4) is 0 Å². The number of ketones is 1. The maximum atomic E-state index is 12.1. The highest BCUT2D eigenvalue weighted by Crippen LogP contribution is 2.65. The number of allylic oxidation sites excluding steroid dienone is 2. The molecule has 4 aliphatic carbocycles. The van der Waals surface area contributed by atoms with Crippen molar-refractivity contribution in [2.75, 3.05) is 7.11 Å².